The molecule has 2 aromatic heterocycles. The van der Waals surface area contributed by atoms with Crippen molar-refractivity contribution in [1.82, 2.24) is 19.5 Å². The molecule has 2 heterocycles. The zero-order chi connectivity index (χ0) is 27.8. The molecule has 0 bridgehead atoms. The van der Waals surface area contributed by atoms with Crippen molar-refractivity contribution in [1.29, 1.82) is 10.5 Å². The molecule has 5 aromatic carbocycles. The Labute approximate surface area is 236 Å². The highest BCUT2D eigenvalue weighted by Gasteiger charge is 2.20. The van der Waals surface area contributed by atoms with E-state index in [4.69, 9.17) is 15.0 Å². The summed E-state index contributed by atoms with van der Waals surface area (Å²) in [4.78, 5) is 14.7. The van der Waals surface area contributed by atoms with Gasteiger partial charge in [-0.1, -0.05) is 78.9 Å². The minimum Gasteiger partial charge on any atom is -0.308 e. The summed E-state index contributed by atoms with van der Waals surface area (Å²) in [5.74, 6) is 1.62. The molecule has 6 heteroatoms. The van der Waals surface area contributed by atoms with E-state index in [0.29, 0.717) is 28.6 Å². The highest BCUT2D eigenvalue weighted by atomic mass is 15.1. The van der Waals surface area contributed by atoms with Gasteiger partial charge in [-0.3, -0.25) is 0 Å². The number of fused-ring (bicyclic) bond motifs is 3. The van der Waals surface area contributed by atoms with Gasteiger partial charge in [-0.15, -0.1) is 0 Å². The van der Waals surface area contributed by atoms with Crippen LogP contribution in [0.1, 0.15) is 11.1 Å². The number of nitrogens with zero attached hydrogens (tertiary/aromatic N) is 6. The first-order valence-electron chi connectivity index (χ1n) is 13.1. The van der Waals surface area contributed by atoms with Gasteiger partial charge in [0.1, 0.15) is 0 Å². The molecule has 0 spiro atoms. The van der Waals surface area contributed by atoms with Gasteiger partial charge in [-0.2, -0.15) is 10.5 Å². The van der Waals surface area contributed by atoms with Crippen LogP contribution in [-0.4, -0.2) is 19.5 Å². The van der Waals surface area contributed by atoms with Crippen LogP contribution in [0.4, 0.5) is 0 Å². The van der Waals surface area contributed by atoms with Gasteiger partial charge < -0.3 is 4.57 Å². The van der Waals surface area contributed by atoms with Crippen molar-refractivity contribution in [2.24, 2.45) is 0 Å². The van der Waals surface area contributed by atoms with E-state index < -0.39 is 0 Å². The molecule has 0 N–H and O–H groups in total. The maximum atomic E-state index is 9.86. The molecular formula is C35H20N6. The second kappa shape index (κ2) is 9.89. The predicted octanol–water partition coefficient (Wildman–Crippen LogP) is 7.71. The van der Waals surface area contributed by atoms with Crippen LogP contribution >= 0.6 is 0 Å². The average Bonchev–Trinajstić information content (AvgIpc) is 3.38. The molecule has 0 aliphatic rings. The quantitative estimate of drug-likeness (QED) is 0.235. The largest absolute Gasteiger partial charge is 0.308 e. The minimum atomic E-state index is 0.497. The van der Waals surface area contributed by atoms with Crippen LogP contribution in [-0.2, 0) is 0 Å². The Bertz CT molecular complexity index is 2110. The fourth-order valence-electron chi connectivity index (χ4n) is 5.21. The molecule has 6 nitrogen and oxygen atoms in total. The lowest BCUT2D eigenvalue weighted by Crippen LogP contribution is -2.04. The van der Waals surface area contributed by atoms with Gasteiger partial charge in [0.2, 0.25) is 0 Å². The summed E-state index contributed by atoms with van der Waals surface area (Å²) in [7, 11) is 0. The fourth-order valence-corrected chi connectivity index (χ4v) is 5.21. The number of aromatic nitrogens is 4. The van der Waals surface area contributed by atoms with Crippen LogP contribution in [0.25, 0.3) is 61.7 Å². The van der Waals surface area contributed by atoms with E-state index in [1.165, 1.54) is 0 Å². The molecule has 0 atom stereocenters. The van der Waals surface area contributed by atoms with Gasteiger partial charge in [0.25, 0.3) is 0 Å². The molecule has 0 unspecified atom stereocenters. The van der Waals surface area contributed by atoms with E-state index in [0.717, 1.165) is 44.2 Å². The predicted molar refractivity (Wildman–Crippen MR) is 160 cm³/mol. The SMILES string of the molecule is N#Cc1ccc(-c2nc(-c3ccccc3)nc(-c3ccccc3)n2)c(-n2c3ccccc3c3cc(C#N)ccc32)c1. The normalized spacial score (nSPS) is 10.9. The van der Waals surface area contributed by atoms with Crippen molar-refractivity contribution in [3.63, 3.8) is 0 Å². The van der Waals surface area contributed by atoms with Crippen molar-refractivity contribution in [2.75, 3.05) is 0 Å². The van der Waals surface area contributed by atoms with Crippen molar-refractivity contribution in [3.05, 3.63) is 132 Å². The summed E-state index contributed by atoms with van der Waals surface area (Å²) in [6, 6.07) is 43.5. The first kappa shape index (κ1) is 24.0. The first-order chi connectivity index (χ1) is 20.2. The summed E-state index contributed by atoms with van der Waals surface area (Å²) in [5.41, 5.74) is 6.26. The lowest BCUT2D eigenvalue weighted by atomic mass is 10.1. The first-order valence-corrected chi connectivity index (χ1v) is 13.1. The molecule has 41 heavy (non-hydrogen) atoms. The maximum absolute atomic E-state index is 9.86. The fraction of sp³-hybridized carbons (Fsp3) is 0. The Balaban J connectivity index is 1.55. The number of hydrogen-bond donors (Lipinski definition) is 0. The molecule has 190 valence electrons. The summed E-state index contributed by atoms with van der Waals surface area (Å²) in [5, 5.41) is 21.4. The Hall–Kier alpha value is -6.11. The van der Waals surface area contributed by atoms with Gasteiger partial charge in [0, 0.05) is 27.5 Å². The van der Waals surface area contributed by atoms with E-state index in [-0.39, 0.29) is 0 Å². The zero-order valence-corrected chi connectivity index (χ0v) is 21.7. The smallest absolute Gasteiger partial charge is 0.166 e. The van der Waals surface area contributed by atoms with Crippen molar-refractivity contribution >= 4 is 21.8 Å². The Morgan fingerprint density at radius 1 is 0.488 bits per heavy atom. The molecule has 7 aromatic rings. The molecule has 0 aliphatic heterocycles. The van der Waals surface area contributed by atoms with E-state index >= 15 is 0 Å². The van der Waals surface area contributed by atoms with Crippen molar-refractivity contribution in [3.8, 4) is 52.0 Å². The Morgan fingerprint density at radius 2 is 1.02 bits per heavy atom. The third-order valence-electron chi connectivity index (χ3n) is 7.11. The number of benzene rings is 5. The van der Waals surface area contributed by atoms with Gasteiger partial charge in [-0.25, -0.2) is 15.0 Å². The highest BCUT2D eigenvalue weighted by Crippen LogP contribution is 2.37. The average molecular weight is 525 g/mol. The van der Waals surface area contributed by atoms with Gasteiger partial charge >= 0.3 is 0 Å². The lowest BCUT2D eigenvalue weighted by molar-refractivity contribution is 1.06. The van der Waals surface area contributed by atoms with Gasteiger partial charge in [0.15, 0.2) is 17.5 Å². The topological polar surface area (TPSA) is 91.2 Å². The minimum absolute atomic E-state index is 0.497. The summed E-state index contributed by atoms with van der Waals surface area (Å²) in [6.07, 6.45) is 0. The van der Waals surface area contributed by atoms with E-state index in [1.54, 1.807) is 6.07 Å². The third-order valence-corrected chi connectivity index (χ3v) is 7.11. The highest BCUT2D eigenvalue weighted by molar-refractivity contribution is 6.10. The van der Waals surface area contributed by atoms with E-state index in [1.807, 2.05) is 115 Å². The number of hydrogen-bond acceptors (Lipinski definition) is 5. The zero-order valence-electron chi connectivity index (χ0n) is 21.7. The molecule has 0 radical (unpaired) electrons. The van der Waals surface area contributed by atoms with Crippen LogP contribution in [0.15, 0.2) is 121 Å². The Kier molecular flexibility index (Phi) is 5.78. The molecule has 7 rings (SSSR count). The maximum Gasteiger partial charge on any atom is 0.166 e. The summed E-state index contributed by atoms with van der Waals surface area (Å²) < 4.78 is 2.12. The standard InChI is InChI=1S/C35H20N6/c36-21-23-16-18-31-29(19-23)27-13-7-8-14-30(27)41(31)32-20-24(22-37)15-17-28(32)35-39-33(25-9-3-1-4-10-25)38-34(40-35)26-11-5-2-6-12-26/h1-20H. The van der Waals surface area contributed by atoms with Crippen LogP contribution in [0, 0.1) is 22.7 Å². The molecule has 0 amide bonds. The van der Waals surface area contributed by atoms with Crippen molar-refractivity contribution in [2.45, 2.75) is 0 Å². The molecule has 0 saturated carbocycles. The van der Waals surface area contributed by atoms with Crippen LogP contribution < -0.4 is 0 Å². The second-order valence-electron chi connectivity index (χ2n) is 9.58. The molecule has 0 aliphatic carbocycles. The van der Waals surface area contributed by atoms with E-state index in [2.05, 4.69) is 16.7 Å². The van der Waals surface area contributed by atoms with Gasteiger partial charge in [-0.05, 0) is 42.5 Å². The molecular weight excluding hydrogens is 504 g/mol. The number of nitriles is 2. The monoisotopic (exact) mass is 524 g/mol. The number of rotatable bonds is 4. The van der Waals surface area contributed by atoms with Crippen LogP contribution in [0.2, 0.25) is 0 Å². The second-order valence-corrected chi connectivity index (χ2v) is 9.58. The lowest BCUT2D eigenvalue weighted by Gasteiger charge is -2.15. The Morgan fingerprint density at radius 3 is 1.68 bits per heavy atom. The van der Waals surface area contributed by atoms with Crippen LogP contribution in [0.3, 0.4) is 0 Å². The third kappa shape index (κ3) is 4.17. The molecule has 0 saturated heterocycles. The van der Waals surface area contributed by atoms with Crippen LogP contribution in [0.5, 0.6) is 0 Å². The van der Waals surface area contributed by atoms with Crippen molar-refractivity contribution < 1.29 is 0 Å². The van der Waals surface area contributed by atoms with E-state index in [9.17, 15) is 10.5 Å². The van der Waals surface area contributed by atoms with Gasteiger partial charge in [0.05, 0.1) is 40.0 Å². The number of para-hydroxylation sites is 1. The summed E-state index contributed by atoms with van der Waals surface area (Å²) in [6.45, 7) is 0. The molecule has 0 fully saturated rings. The summed E-state index contributed by atoms with van der Waals surface area (Å²) >= 11 is 0.